The number of carbonyl (C=O) groups excluding carboxylic acids is 1. The largest absolute Gasteiger partial charge is 1.00 e. The number of anilines is 3. The number of amides is 1. The van der Waals surface area contributed by atoms with Crippen molar-refractivity contribution in [2.45, 2.75) is 44.8 Å². The number of pyridine rings is 1. The molecule has 6 nitrogen and oxygen atoms in total. The standard InChI is InChI=1S/C19H23FN4O2.ClH/c20-14-8-6-13(7-9-14)12-22-17-11-10-16(18(21)24-17)23-19(25)26-15-4-2-1-3-5-15;/h6-11,15H,1-5,12H2,(H,23,25)(H3,21,22,24);1H. The third kappa shape index (κ3) is 6.29. The number of nitrogens with two attached hydrogens (primary N) is 1. The zero-order valence-electron chi connectivity index (χ0n) is 14.9. The van der Waals surface area contributed by atoms with E-state index in [1.165, 1.54) is 18.6 Å². The molecule has 5 N–H and O–H groups in total. The number of ether oxygens (including phenoxy) is 1. The van der Waals surface area contributed by atoms with Gasteiger partial charge in [-0.25, -0.2) is 14.2 Å². The quantitative estimate of drug-likeness (QED) is 0.697. The van der Waals surface area contributed by atoms with Gasteiger partial charge in [-0.15, -0.1) is 0 Å². The normalized spacial score (nSPS) is 14.1. The predicted molar refractivity (Wildman–Crippen MR) is 98.1 cm³/mol. The van der Waals surface area contributed by atoms with Gasteiger partial charge in [0.15, 0.2) is 0 Å². The van der Waals surface area contributed by atoms with Gasteiger partial charge in [-0.05, 0) is 49.4 Å². The molecule has 1 aromatic carbocycles. The molecular weight excluding hydrogens is 371 g/mol. The summed E-state index contributed by atoms with van der Waals surface area (Å²) in [4.78, 5) is 15.0. The van der Waals surface area contributed by atoms with Crippen molar-refractivity contribution in [3.63, 3.8) is 0 Å². The van der Waals surface area contributed by atoms with E-state index in [0.29, 0.717) is 23.9 Å². The molecule has 1 fully saturated rings. The lowest BCUT2D eigenvalue weighted by atomic mass is 9.98. The number of benzene rings is 1. The molecule has 8 heteroatoms. The number of aromatic amines is 1. The first-order chi connectivity index (χ1) is 12.6. The van der Waals surface area contributed by atoms with Crippen LogP contribution >= 0.6 is 0 Å². The number of nitrogen functional groups attached to an aromatic ring is 1. The first-order valence-corrected chi connectivity index (χ1v) is 8.88. The molecule has 0 spiro atoms. The maximum atomic E-state index is 12.9. The molecular formula is C19H24ClFN4O2. The van der Waals surface area contributed by atoms with Crippen LogP contribution in [-0.4, -0.2) is 12.2 Å². The average Bonchev–Trinajstić information content (AvgIpc) is 2.64. The van der Waals surface area contributed by atoms with Gasteiger partial charge in [-0.3, -0.25) is 5.32 Å². The number of halogens is 2. The van der Waals surface area contributed by atoms with Crippen LogP contribution in [0.4, 0.5) is 26.5 Å². The van der Waals surface area contributed by atoms with Gasteiger partial charge in [0, 0.05) is 6.07 Å². The maximum absolute atomic E-state index is 12.9. The molecule has 1 aromatic heterocycles. The minimum atomic E-state index is -0.482. The van der Waals surface area contributed by atoms with Crippen LogP contribution in [0.15, 0.2) is 36.4 Å². The van der Waals surface area contributed by atoms with E-state index >= 15 is 0 Å². The molecule has 1 aliphatic carbocycles. The second kappa shape index (κ2) is 9.97. The van der Waals surface area contributed by atoms with Gasteiger partial charge in [-0.1, -0.05) is 18.6 Å². The Morgan fingerprint density at radius 3 is 2.52 bits per heavy atom. The van der Waals surface area contributed by atoms with Crippen LogP contribution in [-0.2, 0) is 11.3 Å². The van der Waals surface area contributed by atoms with Crippen LogP contribution in [0.25, 0.3) is 0 Å². The summed E-state index contributed by atoms with van der Waals surface area (Å²) in [7, 11) is 0. The summed E-state index contributed by atoms with van der Waals surface area (Å²) in [5, 5.41) is 5.84. The molecule has 0 atom stereocenters. The fourth-order valence-electron chi connectivity index (χ4n) is 3.00. The Bertz CT molecular complexity index is 752. The lowest BCUT2D eigenvalue weighted by molar-refractivity contribution is -0.342. The van der Waals surface area contributed by atoms with Crippen LogP contribution < -0.4 is 33.8 Å². The monoisotopic (exact) mass is 394 g/mol. The first kappa shape index (κ1) is 20.8. The Hall–Kier alpha value is -2.54. The van der Waals surface area contributed by atoms with E-state index in [4.69, 9.17) is 10.5 Å². The van der Waals surface area contributed by atoms with Crippen LogP contribution in [0.2, 0.25) is 0 Å². The van der Waals surface area contributed by atoms with Crippen molar-refractivity contribution in [1.82, 2.24) is 0 Å². The molecule has 1 saturated carbocycles. The average molecular weight is 395 g/mol. The van der Waals surface area contributed by atoms with Crippen LogP contribution in [0.1, 0.15) is 37.7 Å². The summed E-state index contributed by atoms with van der Waals surface area (Å²) in [5.74, 6) is 0.757. The third-order valence-corrected chi connectivity index (χ3v) is 4.44. The SMILES string of the molecule is Nc1[nH+]c(NCc2ccc(F)cc2)ccc1NC(=O)OC1CCCCC1.[Cl-]. The molecule has 1 amide bonds. The Kier molecular flexibility index (Phi) is 7.67. The fourth-order valence-corrected chi connectivity index (χ4v) is 3.00. The van der Waals surface area contributed by atoms with Crippen molar-refractivity contribution in [2.24, 2.45) is 0 Å². The highest BCUT2D eigenvalue weighted by Crippen LogP contribution is 2.21. The summed E-state index contributed by atoms with van der Waals surface area (Å²) < 4.78 is 18.3. The highest BCUT2D eigenvalue weighted by atomic mass is 35.5. The number of carbonyl (C=O) groups is 1. The van der Waals surface area contributed by atoms with Crippen LogP contribution in [0.3, 0.4) is 0 Å². The van der Waals surface area contributed by atoms with Crippen LogP contribution in [0, 0.1) is 5.82 Å². The van der Waals surface area contributed by atoms with Crippen molar-refractivity contribution >= 4 is 23.4 Å². The van der Waals surface area contributed by atoms with Crippen molar-refractivity contribution in [1.29, 1.82) is 0 Å². The Balaban J connectivity index is 0.00000261. The molecule has 0 unspecified atom stereocenters. The topological polar surface area (TPSA) is 90.5 Å². The Morgan fingerprint density at radius 1 is 1.15 bits per heavy atom. The second-order valence-corrected chi connectivity index (χ2v) is 6.47. The molecule has 0 saturated heterocycles. The van der Waals surface area contributed by atoms with E-state index in [1.807, 2.05) is 0 Å². The second-order valence-electron chi connectivity index (χ2n) is 6.47. The van der Waals surface area contributed by atoms with E-state index in [2.05, 4.69) is 15.6 Å². The van der Waals surface area contributed by atoms with Gasteiger partial charge in [0.05, 0.1) is 6.54 Å². The van der Waals surface area contributed by atoms with E-state index < -0.39 is 6.09 Å². The van der Waals surface area contributed by atoms with E-state index in [-0.39, 0.29) is 24.3 Å². The fraction of sp³-hybridized carbons (Fsp3) is 0.368. The number of hydrogen-bond acceptors (Lipinski definition) is 4. The van der Waals surface area contributed by atoms with Gasteiger partial charge >= 0.3 is 6.09 Å². The maximum Gasteiger partial charge on any atom is 0.412 e. The smallest absolute Gasteiger partial charge is 0.412 e. The highest BCUT2D eigenvalue weighted by Gasteiger charge is 2.19. The molecule has 3 rings (SSSR count). The minimum absolute atomic E-state index is 0. The Labute approximate surface area is 164 Å². The Morgan fingerprint density at radius 2 is 1.85 bits per heavy atom. The van der Waals surface area contributed by atoms with Crippen molar-refractivity contribution in [3.05, 3.63) is 47.8 Å². The van der Waals surface area contributed by atoms with Crippen molar-refractivity contribution in [2.75, 3.05) is 16.4 Å². The molecule has 27 heavy (non-hydrogen) atoms. The van der Waals surface area contributed by atoms with Crippen molar-refractivity contribution in [3.8, 4) is 0 Å². The van der Waals surface area contributed by atoms with Gasteiger partial charge in [0.1, 0.15) is 17.6 Å². The number of H-pyrrole nitrogens is 1. The zero-order chi connectivity index (χ0) is 18.4. The van der Waals surface area contributed by atoms with Crippen molar-refractivity contribution < 1.29 is 31.3 Å². The van der Waals surface area contributed by atoms with Gasteiger partial charge in [-0.2, -0.15) is 0 Å². The summed E-state index contributed by atoms with van der Waals surface area (Å²) in [6.45, 7) is 0.521. The molecule has 1 aliphatic rings. The summed E-state index contributed by atoms with van der Waals surface area (Å²) in [6, 6.07) is 9.74. The van der Waals surface area contributed by atoms with E-state index in [0.717, 1.165) is 31.2 Å². The lowest BCUT2D eigenvalue weighted by Crippen LogP contribution is -3.00. The summed E-state index contributed by atoms with van der Waals surface area (Å²) in [5.41, 5.74) is 7.39. The number of aromatic nitrogens is 1. The third-order valence-electron chi connectivity index (χ3n) is 4.44. The number of nitrogens with one attached hydrogen (secondary N) is 3. The van der Waals surface area contributed by atoms with Gasteiger partial charge in [0.25, 0.3) is 0 Å². The van der Waals surface area contributed by atoms with Gasteiger partial charge < -0.3 is 28.2 Å². The molecule has 1 heterocycles. The summed E-state index contributed by atoms with van der Waals surface area (Å²) in [6.07, 6.45) is 4.75. The predicted octanol–water partition coefficient (Wildman–Crippen LogP) is 0.719. The van der Waals surface area contributed by atoms with E-state index in [1.54, 1.807) is 24.3 Å². The molecule has 146 valence electrons. The molecule has 0 bridgehead atoms. The zero-order valence-corrected chi connectivity index (χ0v) is 15.7. The lowest BCUT2D eigenvalue weighted by Gasteiger charge is -2.21. The highest BCUT2D eigenvalue weighted by molar-refractivity contribution is 5.87. The van der Waals surface area contributed by atoms with E-state index in [9.17, 15) is 9.18 Å². The number of rotatable bonds is 5. The molecule has 0 radical (unpaired) electrons. The summed E-state index contributed by atoms with van der Waals surface area (Å²) >= 11 is 0. The van der Waals surface area contributed by atoms with Gasteiger partial charge in [0.2, 0.25) is 11.6 Å². The minimum Gasteiger partial charge on any atom is -1.00 e. The molecule has 0 aliphatic heterocycles. The number of hydrogen-bond donors (Lipinski definition) is 3. The first-order valence-electron chi connectivity index (χ1n) is 8.88. The van der Waals surface area contributed by atoms with Crippen LogP contribution in [0.5, 0.6) is 0 Å². The molecule has 2 aromatic rings.